The summed E-state index contributed by atoms with van der Waals surface area (Å²) >= 11 is 0. The summed E-state index contributed by atoms with van der Waals surface area (Å²) in [4.78, 5) is 11.5. The van der Waals surface area contributed by atoms with E-state index in [0.29, 0.717) is 24.5 Å². The first-order valence-corrected chi connectivity index (χ1v) is 7.00. The first-order valence-electron chi connectivity index (χ1n) is 7.00. The Morgan fingerprint density at radius 1 is 1.32 bits per heavy atom. The average molecular weight is 302 g/mol. The maximum atomic E-state index is 11.5. The molecule has 0 aliphatic rings. The third kappa shape index (κ3) is 3.64. The Bertz CT molecular complexity index is 706. The number of carbonyl (C=O) groups excluding carboxylic acids is 1. The molecule has 1 aromatic carbocycles. The number of aromatic amines is 1. The molecular formula is C16H18N2O4. The number of H-pyrrole nitrogens is 1. The Morgan fingerprint density at radius 3 is 2.68 bits per heavy atom. The molecule has 0 atom stereocenters. The van der Waals surface area contributed by atoms with Gasteiger partial charge in [0.2, 0.25) is 6.29 Å². The van der Waals surface area contributed by atoms with Gasteiger partial charge in [-0.15, -0.1) is 0 Å². The molecule has 0 saturated heterocycles. The lowest BCUT2D eigenvalue weighted by molar-refractivity contribution is -0.0969. The summed E-state index contributed by atoms with van der Waals surface area (Å²) in [6, 6.07) is 5.14. The summed E-state index contributed by atoms with van der Waals surface area (Å²) in [7, 11) is 1.35. The second-order valence-electron chi connectivity index (χ2n) is 4.34. The van der Waals surface area contributed by atoms with Gasteiger partial charge in [-0.2, -0.15) is 5.10 Å². The van der Waals surface area contributed by atoms with Gasteiger partial charge in [-0.3, -0.25) is 5.10 Å². The molecule has 22 heavy (non-hydrogen) atoms. The largest absolute Gasteiger partial charge is 0.465 e. The Kier molecular flexibility index (Phi) is 5.53. The Labute approximate surface area is 128 Å². The van der Waals surface area contributed by atoms with Gasteiger partial charge in [0.1, 0.15) is 5.69 Å². The van der Waals surface area contributed by atoms with E-state index < -0.39 is 12.3 Å². The van der Waals surface area contributed by atoms with Crippen LogP contribution in [0.2, 0.25) is 0 Å². The van der Waals surface area contributed by atoms with Crippen LogP contribution in [0.4, 0.5) is 0 Å². The second-order valence-corrected chi connectivity index (χ2v) is 4.34. The molecular weight excluding hydrogens is 284 g/mol. The number of nitrogens with one attached hydrogen (secondary N) is 1. The lowest BCUT2D eigenvalue weighted by Crippen LogP contribution is -2.14. The number of nitrogens with zero attached hydrogens (tertiary/aromatic N) is 1. The molecule has 116 valence electrons. The van der Waals surface area contributed by atoms with Gasteiger partial charge in [-0.05, 0) is 43.9 Å². The van der Waals surface area contributed by atoms with Gasteiger partial charge in [-0.1, -0.05) is 0 Å². The van der Waals surface area contributed by atoms with Gasteiger partial charge in [-0.25, -0.2) is 4.79 Å². The molecule has 0 radical (unpaired) electrons. The van der Waals surface area contributed by atoms with Crippen LogP contribution < -0.4 is 0 Å². The molecule has 6 nitrogen and oxygen atoms in total. The van der Waals surface area contributed by atoms with E-state index in [0.717, 1.165) is 10.9 Å². The first-order chi connectivity index (χ1) is 10.7. The summed E-state index contributed by atoms with van der Waals surface area (Å²) in [6.45, 7) is 4.80. The highest BCUT2D eigenvalue weighted by Crippen LogP contribution is 2.17. The number of aromatic nitrogens is 2. The van der Waals surface area contributed by atoms with E-state index in [1.807, 2.05) is 13.8 Å². The van der Waals surface area contributed by atoms with Gasteiger partial charge >= 0.3 is 5.97 Å². The predicted molar refractivity (Wildman–Crippen MR) is 81.4 cm³/mol. The number of methoxy groups -OCH3 is 1. The fraction of sp³-hybridized carbons (Fsp3) is 0.375. The minimum absolute atomic E-state index is 0.392. The van der Waals surface area contributed by atoms with Gasteiger partial charge < -0.3 is 14.2 Å². The normalized spacial score (nSPS) is 10.5. The fourth-order valence-electron chi connectivity index (χ4n) is 1.92. The van der Waals surface area contributed by atoms with Crippen LogP contribution in [0, 0.1) is 11.8 Å². The minimum Gasteiger partial charge on any atom is -0.465 e. The smallest absolute Gasteiger partial charge is 0.337 e. The zero-order valence-corrected chi connectivity index (χ0v) is 12.8. The highest BCUT2D eigenvalue weighted by atomic mass is 16.7. The van der Waals surface area contributed by atoms with E-state index >= 15 is 0 Å². The van der Waals surface area contributed by atoms with Gasteiger partial charge in [0.05, 0.1) is 18.2 Å². The van der Waals surface area contributed by atoms with Crippen LogP contribution in [0.25, 0.3) is 10.9 Å². The van der Waals surface area contributed by atoms with E-state index in [2.05, 4.69) is 22.0 Å². The SMILES string of the molecule is CCOC(C#Cc1n[nH]c2cc(C(=O)OC)ccc12)OCC. The molecule has 6 heteroatoms. The van der Waals surface area contributed by atoms with Gasteiger partial charge in [0, 0.05) is 18.6 Å². The van der Waals surface area contributed by atoms with E-state index in [9.17, 15) is 4.79 Å². The molecule has 0 aliphatic heterocycles. The molecule has 0 fully saturated rings. The Hall–Kier alpha value is -2.36. The Balaban J connectivity index is 2.28. The van der Waals surface area contributed by atoms with Crippen LogP contribution in [0.3, 0.4) is 0 Å². The lowest BCUT2D eigenvalue weighted by Gasteiger charge is -2.09. The van der Waals surface area contributed by atoms with Crippen molar-refractivity contribution in [3.63, 3.8) is 0 Å². The van der Waals surface area contributed by atoms with Crippen molar-refractivity contribution in [3.8, 4) is 11.8 Å². The van der Waals surface area contributed by atoms with Crippen molar-refractivity contribution in [1.82, 2.24) is 10.2 Å². The number of carbonyl (C=O) groups is 1. The number of rotatable bonds is 5. The van der Waals surface area contributed by atoms with Crippen molar-refractivity contribution in [2.45, 2.75) is 20.1 Å². The molecule has 0 spiro atoms. The molecule has 1 aromatic heterocycles. The molecule has 0 amide bonds. The number of esters is 1. The molecule has 0 bridgehead atoms. The highest BCUT2D eigenvalue weighted by Gasteiger charge is 2.10. The maximum Gasteiger partial charge on any atom is 0.337 e. The maximum absolute atomic E-state index is 11.5. The van der Waals surface area contributed by atoms with Crippen molar-refractivity contribution in [3.05, 3.63) is 29.5 Å². The van der Waals surface area contributed by atoms with Gasteiger partial charge in [0.25, 0.3) is 0 Å². The summed E-state index contributed by atoms with van der Waals surface area (Å²) in [5, 5.41) is 7.83. The summed E-state index contributed by atoms with van der Waals surface area (Å²) in [5.74, 6) is 5.45. The topological polar surface area (TPSA) is 73.4 Å². The number of ether oxygens (including phenoxy) is 3. The second kappa shape index (κ2) is 7.59. The van der Waals surface area contributed by atoms with Crippen LogP contribution in [0.15, 0.2) is 18.2 Å². The summed E-state index contributed by atoms with van der Waals surface area (Å²) in [6.07, 6.45) is -0.573. The Morgan fingerprint density at radius 2 is 2.05 bits per heavy atom. The third-order valence-corrected chi connectivity index (χ3v) is 2.93. The molecule has 0 aliphatic carbocycles. The first kappa shape index (κ1) is 16.0. The molecule has 0 saturated carbocycles. The van der Waals surface area contributed by atoms with E-state index in [1.165, 1.54) is 7.11 Å². The quantitative estimate of drug-likeness (QED) is 0.520. The van der Waals surface area contributed by atoms with Gasteiger partial charge in [0.15, 0.2) is 0 Å². The van der Waals surface area contributed by atoms with Crippen molar-refractivity contribution in [2.24, 2.45) is 0 Å². The predicted octanol–water partition coefficient (Wildman–Crippen LogP) is 2.10. The lowest BCUT2D eigenvalue weighted by atomic mass is 10.1. The van der Waals surface area contributed by atoms with Crippen molar-refractivity contribution < 1.29 is 19.0 Å². The molecule has 2 rings (SSSR count). The van der Waals surface area contributed by atoms with Crippen LogP contribution in [0.1, 0.15) is 29.9 Å². The van der Waals surface area contributed by atoms with Crippen LogP contribution in [0.5, 0.6) is 0 Å². The molecule has 1 heterocycles. The standard InChI is InChI=1S/C16H18N2O4/c1-4-21-15(22-5-2)9-8-13-12-7-6-11(16(19)20-3)10-14(12)18-17-13/h6-7,10,15H,4-5H2,1-3H3,(H,17,18). The number of hydrogen-bond donors (Lipinski definition) is 1. The third-order valence-electron chi connectivity index (χ3n) is 2.93. The minimum atomic E-state index is -0.573. The monoisotopic (exact) mass is 302 g/mol. The molecule has 1 N–H and O–H groups in total. The number of fused-ring (bicyclic) bond motifs is 1. The van der Waals surface area contributed by atoms with E-state index in [1.54, 1.807) is 18.2 Å². The molecule has 0 unspecified atom stereocenters. The van der Waals surface area contributed by atoms with Crippen molar-refractivity contribution in [1.29, 1.82) is 0 Å². The van der Waals surface area contributed by atoms with E-state index in [-0.39, 0.29) is 0 Å². The van der Waals surface area contributed by atoms with Crippen LogP contribution in [-0.4, -0.2) is 42.8 Å². The zero-order valence-electron chi connectivity index (χ0n) is 12.8. The van der Waals surface area contributed by atoms with Crippen molar-refractivity contribution >= 4 is 16.9 Å². The summed E-state index contributed by atoms with van der Waals surface area (Å²) < 4.78 is 15.4. The average Bonchev–Trinajstić information content (AvgIpc) is 2.94. The number of hydrogen-bond acceptors (Lipinski definition) is 5. The van der Waals surface area contributed by atoms with Crippen LogP contribution in [-0.2, 0) is 14.2 Å². The van der Waals surface area contributed by atoms with E-state index in [4.69, 9.17) is 14.2 Å². The number of benzene rings is 1. The summed E-state index contributed by atoms with van der Waals surface area (Å²) in [5.41, 5.74) is 1.76. The van der Waals surface area contributed by atoms with Crippen LogP contribution >= 0.6 is 0 Å². The zero-order chi connectivity index (χ0) is 15.9. The van der Waals surface area contributed by atoms with Crippen molar-refractivity contribution in [2.75, 3.05) is 20.3 Å². The molecule has 2 aromatic rings. The highest BCUT2D eigenvalue weighted by molar-refractivity contribution is 5.95. The fourth-order valence-corrected chi connectivity index (χ4v) is 1.92.